The Morgan fingerprint density at radius 2 is 1.82 bits per heavy atom. The minimum atomic E-state index is 0.658. The van der Waals surface area contributed by atoms with Crippen LogP contribution in [0.2, 0.25) is 13.6 Å². The maximum absolute atomic E-state index is 2.24. The van der Waals surface area contributed by atoms with Crippen LogP contribution in [-0.2, 0) is 6.42 Å². The monoisotopic (exact) mass is 146 g/mol. The first-order valence-electron chi connectivity index (χ1n) is 4.33. The lowest BCUT2D eigenvalue weighted by molar-refractivity contribution is 1.15. The van der Waals surface area contributed by atoms with E-state index < -0.39 is 0 Å². The van der Waals surface area contributed by atoms with Crippen molar-refractivity contribution in [2.45, 2.75) is 27.0 Å². The maximum atomic E-state index is 2.24. The van der Waals surface area contributed by atoms with Crippen LogP contribution < -0.4 is 5.46 Å². The summed E-state index contributed by atoms with van der Waals surface area (Å²) in [7, 11) is 0. The molecule has 0 aromatic heterocycles. The molecule has 1 rings (SSSR count). The molecule has 58 valence electrons. The highest BCUT2D eigenvalue weighted by Crippen LogP contribution is 1.98. The highest BCUT2D eigenvalue weighted by atomic mass is 13.9. The van der Waals surface area contributed by atoms with Crippen molar-refractivity contribution in [3.8, 4) is 0 Å². The molecule has 0 spiro atoms. The van der Waals surface area contributed by atoms with E-state index in [1.54, 1.807) is 0 Å². The van der Waals surface area contributed by atoms with Gasteiger partial charge in [0.1, 0.15) is 0 Å². The molecule has 0 fully saturated rings. The molecule has 0 saturated heterocycles. The molecule has 0 aliphatic rings. The fourth-order valence-corrected chi connectivity index (χ4v) is 1.42. The van der Waals surface area contributed by atoms with Gasteiger partial charge in [-0.3, -0.25) is 0 Å². The van der Waals surface area contributed by atoms with Gasteiger partial charge >= 0.3 is 0 Å². The predicted octanol–water partition coefficient (Wildman–Crippen LogP) is 2.21. The Morgan fingerprint density at radius 3 is 2.27 bits per heavy atom. The summed E-state index contributed by atoms with van der Waals surface area (Å²) in [6, 6.07) is 8.68. The van der Waals surface area contributed by atoms with Crippen LogP contribution in [0.15, 0.2) is 24.3 Å². The average Bonchev–Trinajstić information content (AvgIpc) is 2.04. The average molecular weight is 146 g/mol. The van der Waals surface area contributed by atoms with Crippen molar-refractivity contribution < 1.29 is 0 Å². The van der Waals surface area contributed by atoms with E-state index >= 15 is 0 Å². The van der Waals surface area contributed by atoms with Crippen LogP contribution in [-0.4, -0.2) is 6.71 Å². The molecule has 0 heterocycles. The van der Waals surface area contributed by atoms with E-state index in [1.807, 2.05) is 0 Å². The molecule has 0 N–H and O–H groups in total. The highest BCUT2D eigenvalue weighted by molar-refractivity contribution is 6.71. The van der Waals surface area contributed by atoms with Gasteiger partial charge < -0.3 is 0 Å². The second kappa shape index (κ2) is 3.61. The van der Waals surface area contributed by atoms with E-state index in [1.165, 1.54) is 11.0 Å². The van der Waals surface area contributed by atoms with Crippen LogP contribution in [0.1, 0.15) is 12.5 Å². The molecular formula is C10H15B. The Balaban J connectivity index is 3.02. The van der Waals surface area contributed by atoms with Crippen molar-refractivity contribution in [3.05, 3.63) is 29.8 Å². The lowest BCUT2D eigenvalue weighted by Gasteiger charge is -2.07. The third-order valence-corrected chi connectivity index (χ3v) is 2.06. The van der Waals surface area contributed by atoms with Gasteiger partial charge in [0.25, 0.3) is 0 Å². The summed E-state index contributed by atoms with van der Waals surface area (Å²) in [4.78, 5) is 0. The van der Waals surface area contributed by atoms with E-state index in [2.05, 4.69) is 44.8 Å². The molecule has 1 aromatic rings. The lowest BCUT2D eigenvalue weighted by atomic mass is 9.48. The van der Waals surface area contributed by atoms with Gasteiger partial charge in [-0.2, -0.15) is 0 Å². The van der Waals surface area contributed by atoms with E-state index in [4.69, 9.17) is 0 Å². The minimum absolute atomic E-state index is 0.658. The Bertz CT molecular complexity index is 228. The van der Waals surface area contributed by atoms with Gasteiger partial charge in [-0.15, -0.1) is 0 Å². The number of benzene rings is 1. The summed E-state index contributed by atoms with van der Waals surface area (Å²) in [6.45, 7) is 7.36. The van der Waals surface area contributed by atoms with Crippen LogP contribution >= 0.6 is 0 Å². The molecule has 0 unspecified atom stereocenters. The van der Waals surface area contributed by atoms with Gasteiger partial charge in [0.2, 0.25) is 0 Å². The Morgan fingerprint density at radius 1 is 1.18 bits per heavy atom. The number of rotatable bonds is 2. The van der Waals surface area contributed by atoms with Crippen molar-refractivity contribution in [3.63, 3.8) is 0 Å². The normalized spacial score (nSPS) is 9.73. The van der Waals surface area contributed by atoms with Crippen LogP contribution in [0.5, 0.6) is 0 Å². The zero-order chi connectivity index (χ0) is 8.27. The summed E-state index contributed by atoms with van der Waals surface area (Å²) >= 11 is 0. The van der Waals surface area contributed by atoms with Gasteiger partial charge in [-0.1, -0.05) is 55.9 Å². The van der Waals surface area contributed by atoms with Gasteiger partial charge in [0, 0.05) is 0 Å². The molecule has 0 saturated carbocycles. The first kappa shape index (κ1) is 8.38. The zero-order valence-electron chi connectivity index (χ0n) is 7.59. The molecule has 0 nitrogen and oxygen atoms in total. The second-order valence-corrected chi connectivity index (χ2v) is 3.21. The third kappa shape index (κ3) is 1.86. The summed E-state index contributed by atoms with van der Waals surface area (Å²) in [5.74, 6) is 0. The molecule has 0 radical (unpaired) electrons. The second-order valence-electron chi connectivity index (χ2n) is 3.21. The zero-order valence-corrected chi connectivity index (χ0v) is 7.59. The summed E-state index contributed by atoms with van der Waals surface area (Å²) < 4.78 is 0. The number of hydrogen-bond acceptors (Lipinski definition) is 0. The largest absolute Gasteiger partial charge is 0.169 e. The van der Waals surface area contributed by atoms with Crippen LogP contribution in [0, 0.1) is 0 Å². The predicted molar refractivity (Wildman–Crippen MR) is 52.9 cm³/mol. The first-order chi connectivity index (χ1) is 5.25. The van der Waals surface area contributed by atoms with E-state index in [-0.39, 0.29) is 0 Å². The topological polar surface area (TPSA) is 0 Å². The van der Waals surface area contributed by atoms with Crippen molar-refractivity contribution in [2.24, 2.45) is 0 Å². The summed E-state index contributed by atoms with van der Waals surface area (Å²) in [5.41, 5.74) is 2.98. The third-order valence-electron chi connectivity index (χ3n) is 2.06. The Labute approximate surface area is 69.7 Å². The fourth-order valence-electron chi connectivity index (χ4n) is 1.42. The van der Waals surface area contributed by atoms with Gasteiger partial charge in [0.15, 0.2) is 6.71 Å². The van der Waals surface area contributed by atoms with E-state index in [0.717, 1.165) is 6.42 Å². The molecule has 1 aromatic carbocycles. The van der Waals surface area contributed by atoms with Crippen molar-refractivity contribution in [2.75, 3.05) is 0 Å². The van der Waals surface area contributed by atoms with Crippen LogP contribution in [0.4, 0.5) is 0 Å². The van der Waals surface area contributed by atoms with E-state index in [0.29, 0.717) is 6.71 Å². The van der Waals surface area contributed by atoms with Gasteiger partial charge in [-0.25, -0.2) is 0 Å². The fraction of sp³-hybridized carbons (Fsp3) is 0.400. The number of hydrogen-bond donors (Lipinski definition) is 0. The van der Waals surface area contributed by atoms with Crippen molar-refractivity contribution in [1.29, 1.82) is 0 Å². The summed E-state index contributed by atoms with van der Waals surface area (Å²) in [5, 5.41) is 0. The first-order valence-corrected chi connectivity index (χ1v) is 4.33. The van der Waals surface area contributed by atoms with Gasteiger partial charge in [0.05, 0.1) is 0 Å². The molecule has 0 atom stereocenters. The number of aryl methyl sites for hydroxylation is 1. The molecule has 0 amide bonds. The molecular weight excluding hydrogens is 131 g/mol. The summed E-state index contributed by atoms with van der Waals surface area (Å²) in [6.07, 6.45) is 1.15. The standard InChI is InChI=1S/C10H15B/c1-4-9-7-5-6-8-10(9)11(2)3/h5-8H,4H2,1-3H3. The quantitative estimate of drug-likeness (QED) is 0.561. The molecule has 1 heteroatoms. The maximum Gasteiger partial charge on any atom is 0.169 e. The molecule has 0 aliphatic heterocycles. The van der Waals surface area contributed by atoms with Gasteiger partial charge in [-0.05, 0) is 6.42 Å². The highest BCUT2D eigenvalue weighted by Gasteiger charge is 2.05. The Hall–Kier alpha value is -0.715. The van der Waals surface area contributed by atoms with Crippen molar-refractivity contribution >= 4 is 12.2 Å². The molecule has 11 heavy (non-hydrogen) atoms. The molecule has 0 bridgehead atoms. The Kier molecular flexibility index (Phi) is 2.75. The van der Waals surface area contributed by atoms with Crippen molar-refractivity contribution in [1.82, 2.24) is 0 Å². The van der Waals surface area contributed by atoms with Crippen LogP contribution in [0.25, 0.3) is 0 Å². The SMILES string of the molecule is CCc1ccccc1B(C)C. The van der Waals surface area contributed by atoms with E-state index in [9.17, 15) is 0 Å². The minimum Gasteiger partial charge on any atom is -0.0819 e. The van der Waals surface area contributed by atoms with Crippen LogP contribution in [0.3, 0.4) is 0 Å². The smallest absolute Gasteiger partial charge is 0.0819 e. The lowest BCUT2D eigenvalue weighted by Crippen LogP contribution is -2.26. The molecule has 0 aliphatic carbocycles.